The van der Waals surface area contributed by atoms with E-state index in [4.69, 9.17) is 0 Å². The lowest BCUT2D eigenvalue weighted by atomic mass is 9.60. The molecule has 3 atom stereocenters. The van der Waals surface area contributed by atoms with E-state index in [0.29, 0.717) is 23.4 Å². The molecule has 0 amide bonds. The van der Waals surface area contributed by atoms with Gasteiger partial charge in [-0.1, -0.05) is 5.57 Å². The zero-order valence-corrected chi connectivity index (χ0v) is 25.2. The average molecular weight is 639 g/mol. The molecular weight excluding hydrogens is 608 g/mol. The normalized spacial score (nSPS) is 23.9. The first-order chi connectivity index (χ1) is 21.4. The number of alkyl halides is 2. The summed E-state index contributed by atoms with van der Waals surface area (Å²) in [6, 6.07) is 6.86. The Balaban J connectivity index is 1.33. The molecule has 1 aromatic carbocycles. The zero-order valence-electron chi connectivity index (χ0n) is 24.4. The minimum absolute atomic E-state index is 0.0553. The number of fused-ring (bicyclic) bond motifs is 2. The average Bonchev–Trinajstić information content (AvgIpc) is 3.61. The monoisotopic (exact) mass is 638 g/mol. The van der Waals surface area contributed by atoms with Crippen molar-refractivity contribution in [3.8, 4) is 5.69 Å². The van der Waals surface area contributed by atoms with Crippen molar-refractivity contribution in [2.75, 3.05) is 0 Å². The van der Waals surface area contributed by atoms with E-state index in [9.17, 15) is 26.6 Å². The number of carbonyl (C=O) groups excluding carboxylic acids is 1. The summed E-state index contributed by atoms with van der Waals surface area (Å²) < 4.78 is 75.8. The Bertz CT molecular complexity index is 1940. The molecule has 8 nitrogen and oxygen atoms in total. The minimum Gasteiger partial charge on any atom is -0.291 e. The SMILES string of the molecule is C=S(=O)(c1cnn(C)c1)N(C1CC(F)(F)C1)[C@H]1CCC2=Cc3c(cnn3-c3ccc(F)cc3)C[C@]2(C(=O)c2cc(F)ccn2)C1. The maximum absolute atomic E-state index is 14.5. The van der Waals surface area contributed by atoms with Crippen molar-refractivity contribution < 1.29 is 26.6 Å². The summed E-state index contributed by atoms with van der Waals surface area (Å²) in [5.74, 6) is -0.238. The molecule has 2 fully saturated rings. The number of hydrogen-bond acceptors (Lipinski definition) is 5. The zero-order chi connectivity index (χ0) is 31.7. The first-order valence-electron chi connectivity index (χ1n) is 14.6. The lowest BCUT2D eigenvalue weighted by Crippen LogP contribution is -2.59. The van der Waals surface area contributed by atoms with Gasteiger partial charge in [0, 0.05) is 50.4 Å². The molecule has 234 valence electrons. The fraction of sp³-hybridized carbons (Fsp3) is 0.344. The van der Waals surface area contributed by atoms with Crippen molar-refractivity contribution >= 4 is 27.4 Å². The summed E-state index contributed by atoms with van der Waals surface area (Å²) >= 11 is 0. The Morgan fingerprint density at radius 1 is 1.04 bits per heavy atom. The minimum atomic E-state index is -3.28. The highest BCUT2D eigenvalue weighted by molar-refractivity contribution is 7.98. The van der Waals surface area contributed by atoms with Crippen molar-refractivity contribution in [3.05, 3.63) is 95.3 Å². The standard InChI is InChI=1S/C32H30F4N6O2S/c1-40-19-27(18-38-40)45(2,44)42(26-15-32(35,36)16-26)25-6-3-21-11-29-20(17-39-41(29)24-7-4-22(33)5-8-24)13-31(21,14-25)30(43)28-12-23(34)9-10-37-28/h4-5,7-12,17-19,25-26H,2-3,6,13-16H2,1H3/t25-,31-,45?/m0/s1. The number of Topliss-reactive ketones (excluding diaryl/α,β-unsaturated/α-hetero) is 1. The van der Waals surface area contributed by atoms with Crippen LogP contribution in [0.1, 0.15) is 53.8 Å². The quantitative estimate of drug-likeness (QED) is 0.153. The van der Waals surface area contributed by atoms with Crippen LogP contribution in [0.25, 0.3) is 11.8 Å². The third-order valence-electron chi connectivity index (χ3n) is 9.27. The number of benzene rings is 1. The molecule has 1 unspecified atom stereocenters. The highest BCUT2D eigenvalue weighted by Crippen LogP contribution is 2.53. The molecule has 4 aromatic rings. The van der Waals surface area contributed by atoms with Gasteiger partial charge in [0.25, 0.3) is 5.92 Å². The summed E-state index contributed by atoms with van der Waals surface area (Å²) in [4.78, 5) is 19.0. The highest BCUT2D eigenvalue weighted by Gasteiger charge is 2.56. The number of nitrogens with zero attached hydrogens (tertiary/aromatic N) is 6. The number of allylic oxidation sites excluding steroid dienone is 1. The summed E-state index contributed by atoms with van der Waals surface area (Å²) in [5.41, 5.74) is 1.58. The molecule has 3 aliphatic rings. The van der Waals surface area contributed by atoms with E-state index in [1.165, 1.54) is 29.2 Å². The molecule has 45 heavy (non-hydrogen) atoms. The van der Waals surface area contributed by atoms with Crippen molar-refractivity contribution in [2.24, 2.45) is 12.5 Å². The van der Waals surface area contributed by atoms with Gasteiger partial charge in [-0.05, 0) is 73.5 Å². The van der Waals surface area contributed by atoms with E-state index in [0.717, 1.165) is 29.0 Å². The van der Waals surface area contributed by atoms with Gasteiger partial charge >= 0.3 is 0 Å². The maximum atomic E-state index is 14.5. The van der Waals surface area contributed by atoms with Crippen LogP contribution in [0.5, 0.6) is 0 Å². The molecule has 7 rings (SSSR count). The van der Waals surface area contributed by atoms with Gasteiger partial charge in [-0.15, -0.1) is 0 Å². The summed E-state index contributed by atoms with van der Waals surface area (Å²) in [7, 11) is -1.61. The number of aryl methyl sites for hydroxylation is 1. The number of pyridine rings is 1. The summed E-state index contributed by atoms with van der Waals surface area (Å²) in [6.07, 6.45) is 7.95. The van der Waals surface area contributed by atoms with Gasteiger partial charge in [-0.25, -0.2) is 30.8 Å². The molecule has 0 aliphatic heterocycles. The van der Waals surface area contributed by atoms with Crippen LogP contribution in [0.4, 0.5) is 17.6 Å². The number of hydrogen-bond donors (Lipinski definition) is 0. The molecule has 0 saturated heterocycles. The fourth-order valence-corrected chi connectivity index (χ4v) is 9.20. The lowest BCUT2D eigenvalue weighted by Gasteiger charge is -2.52. The second kappa shape index (κ2) is 10.5. The lowest BCUT2D eigenvalue weighted by molar-refractivity contribution is -0.115. The Labute approximate surface area is 257 Å². The second-order valence-electron chi connectivity index (χ2n) is 12.2. The van der Waals surface area contributed by atoms with Crippen LogP contribution >= 0.6 is 0 Å². The smallest absolute Gasteiger partial charge is 0.251 e. The predicted octanol–water partition coefficient (Wildman–Crippen LogP) is 5.43. The van der Waals surface area contributed by atoms with Crippen LogP contribution < -0.4 is 0 Å². The predicted molar refractivity (Wildman–Crippen MR) is 160 cm³/mol. The van der Waals surface area contributed by atoms with Gasteiger partial charge in [-0.2, -0.15) is 10.2 Å². The molecule has 0 spiro atoms. The Morgan fingerprint density at radius 3 is 2.47 bits per heavy atom. The topological polar surface area (TPSA) is 85.9 Å². The van der Waals surface area contributed by atoms with E-state index < -0.39 is 57.6 Å². The van der Waals surface area contributed by atoms with Crippen LogP contribution in [0.2, 0.25) is 0 Å². The maximum Gasteiger partial charge on any atom is 0.251 e. The number of ketones is 1. The fourth-order valence-electron chi connectivity index (χ4n) is 7.14. The number of rotatable bonds is 7. The van der Waals surface area contributed by atoms with Crippen LogP contribution in [0.3, 0.4) is 0 Å². The molecule has 2 saturated carbocycles. The van der Waals surface area contributed by atoms with E-state index in [1.54, 1.807) is 40.6 Å². The van der Waals surface area contributed by atoms with Gasteiger partial charge in [0.15, 0.2) is 5.78 Å². The van der Waals surface area contributed by atoms with Gasteiger partial charge in [0.2, 0.25) is 0 Å². The van der Waals surface area contributed by atoms with Gasteiger partial charge < -0.3 is 0 Å². The highest BCUT2D eigenvalue weighted by atomic mass is 32.2. The number of carbonyl (C=O) groups is 1. The van der Waals surface area contributed by atoms with Crippen LogP contribution in [0.15, 0.2) is 71.7 Å². The molecule has 3 heterocycles. The van der Waals surface area contributed by atoms with E-state index >= 15 is 0 Å². The van der Waals surface area contributed by atoms with Gasteiger partial charge in [-0.3, -0.25) is 14.5 Å². The summed E-state index contributed by atoms with van der Waals surface area (Å²) in [6.45, 7) is 0. The molecule has 3 aliphatic carbocycles. The molecule has 13 heteroatoms. The van der Waals surface area contributed by atoms with Gasteiger partial charge in [0.05, 0.1) is 43.8 Å². The second-order valence-corrected chi connectivity index (χ2v) is 14.4. The Kier molecular flexibility index (Phi) is 6.89. The third kappa shape index (κ3) is 5.02. The first-order valence-corrected chi connectivity index (χ1v) is 16.3. The van der Waals surface area contributed by atoms with E-state index in [2.05, 4.69) is 21.1 Å². The first kappa shape index (κ1) is 29.6. The van der Waals surface area contributed by atoms with Gasteiger partial charge in [0.1, 0.15) is 17.3 Å². The van der Waals surface area contributed by atoms with Crippen molar-refractivity contribution in [1.82, 2.24) is 28.9 Å². The molecule has 0 N–H and O–H groups in total. The molecule has 0 radical (unpaired) electrons. The largest absolute Gasteiger partial charge is 0.291 e. The Morgan fingerprint density at radius 2 is 1.80 bits per heavy atom. The van der Waals surface area contributed by atoms with E-state index in [-0.39, 0.29) is 24.4 Å². The van der Waals surface area contributed by atoms with Crippen LogP contribution in [-0.2, 0) is 23.2 Å². The third-order valence-corrected chi connectivity index (χ3v) is 11.5. The molecular formula is C32H30F4N6O2S. The number of halogens is 4. The van der Waals surface area contributed by atoms with Crippen molar-refractivity contribution in [2.45, 2.75) is 61.4 Å². The van der Waals surface area contributed by atoms with Crippen molar-refractivity contribution in [3.63, 3.8) is 0 Å². The number of aromatic nitrogens is 5. The summed E-state index contributed by atoms with van der Waals surface area (Å²) in [5, 5.41) is 8.68. The van der Waals surface area contributed by atoms with Crippen molar-refractivity contribution in [1.29, 1.82) is 0 Å². The van der Waals surface area contributed by atoms with Crippen LogP contribution in [0, 0.1) is 17.0 Å². The van der Waals surface area contributed by atoms with Crippen LogP contribution in [-0.4, -0.2) is 62.7 Å². The molecule has 3 aromatic heterocycles. The Hall–Kier alpha value is -4.10. The van der Waals surface area contributed by atoms with E-state index in [1.807, 2.05) is 6.08 Å². The molecule has 0 bridgehead atoms.